The minimum absolute atomic E-state index is 0.0833. The molecular formula is C12H6F4N. The maximum absolute atomic E-state index is 13.4. The van der Waals surface area contributed by atoms with E-state index in [1.165, 1.54) is 18.2 Å². The van der Waals surface area contributed by atoms with E-state index in [1.807, 2.05) is 0 Å². The van der Waals surface area contributed by atoms with E-state index < -0.39 is 23.6 Å². The second kappa shape index (κ2) is 4.53. The highest BCUT2D eigenvalue weighted by atomic mass is 19.3. The molecule has 17 heavy (non-hydrogen) atoms. The molecule has 87 valence electrons. The van der Waals surface area contributed by atoms with E-state index in [2.05, 4.69) is 11.1 Å². The standard InChI is InChI=1S/C12H6F4N/c13-7-5-10(14)11(17-6-7)8-3-1-2-4-9(8)12(15)16/h1-3,5-6,12H. The lowest BCUT2D eigenvalue weighted by Gasteiger charge is -2.08. The molecule has 2 rings (SSSR count). The Labute approximate surface area is 94.7 Å². The van der Waals surface area contributed by atoms with Crippen molar-refractivity contribution in [1.29, 1.82) is 0 Å². The molecule has 0 saturated carbocycles. The van der Waals surface area contributed by atoms with Gasteiger partial charge < -0.3 is 0 Å². The number of hydrogen-bond acceptors (Lipinski definition) is 1. The minimum atomic E-state index is -2.79. The predicted molar refractivity (Wildman–Crippen MR) is 53.4 cm³/mol. The summed E-state index contributed by atoms with van der Waals surface area (Å²) in [6.07, 6.45) is -2.02. The van der Waals surface area contributed by atoms with Gasteiger partial charge in [-0.2, -0.15) is 0 Å². The molecule has 0 spiro atoms. The van der Waals surface area contributed by atoms with Gasteiger partial charge in [0.1, 0.15) is 11.5 Å². The van der Waals surface area contributed by atoms with Gasteiger partial charge in [-0.05, 0) is 6.07 Å². The van der Waals surface area contributed by atoms with Crippen LogP contribution in [0.3, 0.4) is 0 Å². The average molecular weight is 240 g/mol. The Hall–Kier alpha value is -1.91. The summed E-state index contributed by atoms with van der Waals surface area (Å²) in [5.41, 5.74) is -0.843. The van der Waals surface area contributed by atoms with Gasteiger partial charge >= 0.3 is 0 Å². The predicted octanol–water partition coefficient (Wildman–Crippen LogP) is 3.76. The van der Waals surface area contributed by atoms with E-state index >= 15 is 0 Å². The molecule has 1 radical (unpaired) electrons. The third-order valence-corrected chi connectivity index (χ3v) is 2.17. The molecule has 0 fully saturated rings. The zero-order valence-electron chi connectivity index (χ0n) is 8.42. The van der Waals surface area contributed by atoms with E-state index in [1.54, 1.807) is 0 Å². The Morgan fingerprint density at radius 3 is 2.65 bits per heavy atom. The molecule has 1 aromatic carbocycles. The van der Waals surface area contributed by atoms with Crippen molar-refractivity contribution in [3.63, 3.8) is 0 Å². The lowest BCUT2D eigenvalue weighted by atomic mass is 10.0. The first-order valence-corrected chi connectivity index (χ1v) is 4.69. The normalized spacial score (nSPS) is 10.9. The SMILES string of the molecule is Fc1cnc(-c2ccc[c]c2C(F)F)c(F)c1. The highest BCUT2D eigenvalue weighted by Crippen LogP contribution is 2.30. The number of aromatic nitrogens is 1. The zero-order chi connectivity index (χ0) is 12.4. The second-order valence-corrected chi connectivity index (χ2v) is 3.28. The molecule has 1 aromatic heterocycles. The van der Waals surface area contributed by atoms with Gasteiger partial charge in [-0.1, -0.05) is 18.2 Å². The van der Waals surface area contributed by atoms with Crippen LogP contribution in [0.15, 0.2) is 30.5 Å². The van der Waals surface area contributed by atoms with Crippen LogP contribution >= 0.6 is 0 Å². The summed E-state index contributed by atoms with van der Waals surface area (Å²) in [6, 6.07) is 6.96. The van der Waals surface area contributed by atoms with Gasteiger partial charge in [0.15, 0.2) is 5.82 Å². The molecule has 0 unspecified atom stereocenters. The van der Waals surface area contributed by atoms with Crippen molar-refractivity contribution >= 4 is 0 Å². The first kappa shape index (κ1) is 11.6. The lowest BCUT2D eigenvalue weighted by molar-refractivity contribution is 0.151. The number of hydrogen-bond donors (Lipinski definition) is 0. The molecule has 0 saturated heterocycles. The van der Waals surface area contributed by atoms with Crippen molar-refractivity contribution in [3.05, 3.63) is 53.7 Å². The molecule has 1 nitrogen and oxygen atoms in total. The van der Waals surface area contributed by atoms with Crippen molar-refractivity contribution in [2.24, 2.45) is 0 Å². The Bertz CT molecular complexity index is 540. The van der Waals surface area contributed by atoms with Gasteiger partial charge in [0.2, 0.25) is 0 Å². The Morgan fingerprint density at radius 1 is 1.24 bits per heavy atom. The van der Waals surface area contributed by atoms with E-state index in [0.717, 1.165) is 6.20 Å². The quantitative estimate of drug-likeness (QED) is 0.728. The number of rotatable bonds is 2. The topological polar surface area (TPSA) is 12.9 Å². The maximum atomic E-state index is 13.4. The molecule has 2 aromatic rings. The zero-order valence-corrected chi connectivity index (χ0v) is 8.42. The fourth-order valence-electron chi connectivity index (χ4n) is 1.45. The van der Waals surface area contributed by atoms with Crippen LogP contribution in [0.2, 0.25) is 0 Å². The average Bonchev–Trinajstić information content (AvgIpc) is 2.29. The van der Waals surface area contributed by atoms with Crippen LogP contribution in [0, 0.1) is 17.7 Å². The van der Waals surface area contributed by atoms with Crippen molar-refractivity contribution < 1.29 is 17.6 Å². The summed E-state index contributed by atoms with van der Waals surface area (Å²) in [5, 5.41) is 0. The highest BCUT2D eigenvalue weighted by Gasteiger charge is 2.17. The monoisotopic (exact) mass is 240 g/mol. The summed E-state index contributed by atoms with van der Waals surface area (Å²) >= 11 is 0. The number of benzene rings is 1. The van der Waals surface area contributed by atoms with Crippen LogP contribution in [0.25, 0.3) is 11.3 Å². The van der Waals surface area contributed by atoms with Gasteiger partial charge in [-0.15, -0.1) is 0 Å². The third kappa shape index (κ3) is 2.27. The molecule has 0 aliphatic heterocycles. The third-order valence-electron chi connectivity index (χ3n) is 2.17. The van der Waals surface area contributed by atoms with E-state index in [-0.39, 0.29) is 11.3 Å². The lowest BCUT2D eigenvalue weighted by Crippen LogP contribution is -1.96. The summed E-state index contributed by atoms with van der Waals surface area (Å²) in [7, 11) is 0. The summed E-state index contributed by atoms with van der Waals surface area (Å²) in [4.78, 5) is 3.49. The Kier molecular flexibility index (Phi) is 3.08. The first-order chi connectivity index (χ1) is 8.09. The fraction of sp³-hybridized carbons (Fsp3) is 0.0833. The van der Waals surface area contributed by atoms with Gasteiger partial charge in [-0.3, -0.25) is 4.98 Å². The van der Waals surface area contributed by atoms with Crippen LogP contribution in [0.1, 0.15) is 12.0 Å². The molecule has 0 atom stereocenters. The van der Waals surface area contributed by atoms with Crippen LogP contribution in [-0.2, 0) is 0 Å². The minimum Gasteiger partial charge on any atom is -0.250 e. The molecule has 0 N–H and O–H groups in total. The van der Waals surface area contributed by atoms with Crippen molar-refractivity contribution in [3.8, 4) is 11.3 Å². The van der Waals surface area contributed by atoms with Crippen molar-refractivity contribution in [2.75, 3.05) is 0 Å². The van der Waals surface area contributed by atoms with Crippen LogP contribution < -0.4 is 0 Å². The van der Waals surface area contributed by atoms with E-state index in [9.17, 15) is 17.6 Å². The van der Waals surface area contributed by atoms with Crippen LogP contribution in [0.4, 0.5) is 17.6 Å². The number of pyridine rings is 1. The Balaban J connectivity index is 2.60. The van der Waals surface area contributed by atoms with E-state index in [4.69, 9.17) is 0 Å². The van der Waals surface area contributed by atoms with E-state index in [0.29, 0.717) is 6.07 Å². The van der Waals surface area contributed by atoms with Gasteiger partial charge in [0.05, 0.1) is 6.20 Å². The molecular weight excluding hydrogens is 234 g/mol. The van der Waals surface area contributed by atoms with Gasteiger partial charge in [0, 0.05) is 17.2 Å². The van der Waals surface area contributed by atoms with Crippen molar-refractivity contribution in [1.82, 2.24) is 4.98 Å². The number of halogens is 4. The summed E-state index contributed by atoms with van der Waals surface area (Å²) < 4.78 is 51.4. The van der Waals surface area contributed by atoms with Gasteiger partial charge in [-0.25, -0.2) is 17.6 Å². The number of nitrogens with zero attached hydrogens (tertiary/aromatic N) is 1. The molecule has 0 aliphatic rings. The molecule has 0 amide bonds. The van der Waals surface area contributed by atoms with Crippen LogP contribution in [-0.4, -0.2) is 4.98 Å². The first-order valence-electron chi connectivity index (χ1n) is 4.69. The summed E-state index contributed by atoms with van der Waals surface area (Å²) in [5.74, 6) is -1.84. The highest BCUT2D eigenvalue weighted by molar-refractivity contribution is 5.64. The van der Waals surface area contributed by atoms with Gasteiger partial charge in [0.25, 0.3) is 6.43 Å². The van der Waals surface area contributed by atoms with Crippen LogP contribution in [0.5, 0.6) is 0 Å². The Morgan fingerprint density at radius 2 is 2.00 bits per heavy atom. The second-order valence-electron chi connectivity index (χ2n) is 3.28. The summed E-state index contributed by atoms with van der Waals surface area (Å²) in [6.45, 7) is 0. The van der Waals surface area contributed by atoms with Crippen molar-refractivity contribution in [2.45, 2.75) is 6.43 Å². The smallest absolute Gasteiger partial charge is 0.250 e. The molecule has 1 heterocycles. The molecule has 0 bridgehead atoms. The fourth-order valence-corrected chi connectivity index (χ4v) is 1.45. The largest absolute Gasteiger partial charge is 0.265 e. The number of alkyl halides is 2. The maximum Gasteiger partial charge on any atom is 0.265 e. The molecule has 0 aliphatic carbocycles. The molecule has 5 heteroatoms.